The second kappa shape index (κ2) is 6.94. The summed E-state index contributed by atoms with van der Waals surface area (Å²) < 4.78 is 5.66. The third kappa shape index (κ3) is 3.49. The van der Waals surface area contributed by atoms with Gasteiger partial charge in [-0.15, -0.1) is 0 Å². The van der Waals surface area contributed by atoms with Crippen molar-refractivity contribution in [2.75, 3.05) is 10.6 Å². The number of carbonyl (C=O) groups is 3. The molecule has 2 aliphatic rings. The highest BCUT2D eigenvalue weighted by Gasteiger charge is 2.50. The first kappa shape index (κ1) is 18.2. The summed E-state index contributed by atoms with van der Waals surface area (Å²) in [4.78, 5) is 36.1. The number of hydrogen-bond acceptors (Lipinski definition) is 4. The molecule has 2 N–H and O–H groups in total. The summed E-state index contributed by atoms with van der Waals surface area (Å²) in [5.41, 5.74) is 1.33. The summed E-state index contributed by atoms with van der Waals surface area (Å²) in [6.07, 6.45) is 3.23. The normalized spacial score (nSPS) is 25.2. The zero-order valence-electron chi connectivity index (χ0n) is 15.3. The predicted octanol–water partition coefficient (Wildman–Crippen LogP) is 3.41. The van der Waals surface area contributed by atoms with Crippen LogP contribution in [0.15, 0.2) is 35.4 Å². The van der Waals surface area contributed by atoms with Gasteiger partial charge in [-0.25, -0.2) is 4.79 Å². The van der Waals surface area contributed by atoms with Crippen LogP contribution < -0.4 is 10.6 Å². The van der Waals surface area contributed by atoms with E-state index in [9.17, 15) is 14.4 Å². The monoisotopic (exact) mass is 356 g/mol. The molecule has 0 unspecified atom stereocenters. The van der Waals surface area contributed by atoms with Crippen LogP contribution in [-0.2, 0) is 19.1 Å². The highest BCUT2D eigenvalue weighted by Crippen LogP contribution is 2.45. The fraction of sp³-hybridized carbons (Fsp3) is 0.450. The third-order valence-electron chi connectivity index (χ3n) is 5.20. The van der Waals surface area contributed by atoms with E-state index in [1.807, 2.05) is 0 Å². The molecule has 6 nitrogen and oxygen atoms in total. The molecule has 1 aromatic carbocycles. The Morgan fingerprint density at radius 3 is 2.15 bits per heavy atom. The van der Waals surface area contributed by atoms with E-state index in [1.165, 1.54) is 6.92 Å². The molecule has 1 aliphatic carbocycles. The van der Waals surface area contributed by atoms with Gasteiger partial charge in [0.2, 0.25) is 5.91 Å². The average Bonchev–Trinajstić information content (AvgIpc) is 2.82. The molecule has 138 valence electrons. The number of nitrogens with one attached hydrogen (secondary N) is 2. The zero-order chi connectivity index (χ0) is 18.9. The van der Waals surface area contributed by atoms with Gasteiger partial charge in [0.1, 0.15) is 5.60 Å². The minimum atomic E-state index is -0.784. The van der Waals surface area contributed by atoms with Crippen molar-refractivity contribution in [2.45, 2.75) is 52.1 Å². The van der Waals surface area contributed by atoms with Gasteiger partial charge in [0, 0.05) is 23.9 Å². The van der Waals surface area contributed by atoms with Crippen molar-refractivity contribution < 1.29 is 19.1 Å². The molecule has 0 radical (unpaired) electrons. The minimum Gasteiger partial charge on any atom is -0.451 e. The Hall–Kier alpha value is -2.63. The van der Waals surface area contributed by atoms with Gasteiger partial charge in [-0.2, -0.15) is 0 Å². The van der Waals surface area contributed by atoms with Crippen LogP contribution in [-0.4, -0.2) is 23.4 Å². The number of benzene rings is 1. The number of esters is 1. The fourth-order valence-electron chi connectivity index (χ4n) is 3.74. The largest absolute Gasteiger partial charge is 0.451 e. The van der Waals surface area contributed by atoms with Crippen molar-refractivity contribution in [2.24, 2.45) is 5.92 Å². The number of anilines is 2. The summed E-state index contributed by atoms with van der Waals surface area (Å²) in [7, 11) is 0. The molecule has 2 amide bonds. The molecule has 1 fully saturated rings. The fourth-order valence-corrected chi connectivity index (χ4v) is 3.74. The molecule has 1 aliphatic heterocycles. The molecule has 0 aromatic heterocycles. The van der Waals surface area contributed by atoms with E-state index in [0.29, 0.717) is 41.3 Å². The van der Waals surface area contributed by atoms with Crippen LogP contribution in [0.1, 0.15) is 46.5 Å². The lowest BCUT2D eigenvalue weighted by Gasteiger charge is -2.36. The molecule has 0 saturated heterocycles. The lowest BCUT2D eigenvalue weighted by Crippen LogP contribution is -2.40. The van der Waals surface area contributed by atoms with Crippen molar-refractivity contribution in [1.82, 2.24) is 0 Å². The minimum absolute atomic E-state index is 0.155. The maximum absolute atomic E-state index is 12.9. The molecular weight excluding hydrogens is 332 g/mol. The van der Waals surface area contributed by atoms with E-state index in [1.54, 1.807) is 31.2 Å². The Balaban J connectivity index is 1.79. The average molecular weight is 356 g/mol. The molecule has 1 heterocycles. The Morgan fingerprint density at radius 2 is 1.62 bits per heavy atom. The summed E-state index contributed by atoms with van der Waals surface area (Å²) in [5.74, 6) is -0.274. The van der Waals surface area contributed by atoms with Crippen LogP contribution in [0.5, 0.6) is 0 Å². The van der Waals surface area contributed by atoms with Crippen molar-refractivity contribution in [3.05, 3.63) is 35.4 Å². The van der Waals surface area contributed by atoms with E-state index >= 15 is 0 Å². The van der Waals surface area contributed by atoms with Gasteiger partial charge < -0.3 is 15.4 Å². The maximum atomic E-state index is 12.9. The molecule has 0 bridgehead atoms. The summed E-state index contributed by atoms with van der Waals surface area (Å²) in [6.45, 7) is 5.27. The lowest BCUT2D eigenvalue weighted by molar-refractivity contribution is -0.150. The molecular formula is C20H24N2O4. The summed E-state index contributed by atoms with van der Waals surface area (Å²) in [6, 6.07) is 6.86. The molecule has 1 saturated carbocycles. The van der Waals surface area contributed by atoms with Crippen LogP contribution in [0, 0.1) is 5.92 Å². The second-order valence-corrected chi connectivity index (χ2v) is 7.28. The Labute approximate surface area is 153 Å². The number of ether oxygens (including phenoxy) is 1. The quantitative estimate of drug-likeness (QED) is 0.813. The first-order chi connectivity index (χ1) is 12.3. The number of amides is 2. The molecule has 1 aromatic rings. The van der Waals surface area contributed by atoms with Gasteiger partial charge in [-0.3, -0.25) is 9.59 Å². The van der Waals surface area contributed by atoms with Gasteiger partial charge in [0.25, 0.3) is 5.91 Å². The Kier molecular flexibility index (Phi) is 4.85. The number of carbonyl (C=O) groups excluding carboxylic acids is 3. The molecule has 26 heavy (non-hydrogen) atoms. The Morgan fingerprint density at radius 1 is 1.08 bits per heavy atom. The van der Waals surface area contributed by atoms with E-state index in [2.05, 4.69) is 17.6 Å². The van der Waals surface area contributed by atoms with Crippen molar-refractivity contribution >= 4 is 29.2 Å². The van der Waals surface area contributed by atoms with Gasteiger partial charge in [-0.1, -0.05) is 6.92 Å². The van der Waals surface area contributed by atoms with Crippen LogP contribution >= 0.6 is 0 Å². The first-order valence-electron chi connectivity index (χ1n) is 8.94. The highest BCUT2D eigenvalue weighted by molar-refractivity contribution is 6.12. The number of hydrogen-bond donors (Lipinski definition) is 2. The molecule has 0 atom stereocenters. The molecule has 1 spiro atoms. The molecule has 3 rings (SSSR count). The third-order valence-corrected chi connectivity index (χ3v) is 5.20. The van der Waals surface area contributed by atoms with Crippen molar-refractivity contribution in [1.29, 1.82) is 0 Å². The molecule has 6 heteroatoms. The van der Waals surface area contributed by atoms with E-state index in [-0.39, 0.29) is 11.8 Å². The van der Waals surface area contributed by atoms with Gasteiger partial charge in [-0.05, 0) is 62.8 Å². The van der Waals surface area contributed by atoms with Crippen LogP contribution in [0.3, 0.4) is 0 Å². The van der Waals surface area contributed by atoms with Crippen molar-refractivity contribution in [3.63, 3.8) is 0 Å². The lowest BCUT2D eigenvalue weighted by atomic mass is 9.75. The van der Waals surface area contributed by atoms with E-state index in [4.69, 9.17) is 4.74 Å². The summed E-state index contributed by atoms with van der Waals surface area (Å²) >= 11 is 0. The van der Waals surface area contributed by atoms with Gasteiger partial charge in [0.05, 0.1) is 5.57 Å². The van der Waals surface area contributed by atoms with Crippen molar-refractivity contribution in [3.8, 4) is 0 Å². The first-order valence-corrected chi connectivity index (χ1v) is 8.94. The second-order valence-electron chi connectivity index (χ2n) is 7.28. The Bertz CT molecular complexity index is 772. The number of rotatable bonds is 3. The highest BCUT2D eigenvalue weighted by atomic mass is 16.6. The smallest absolute Gasteiger partial charge is 0.335 e. The SMILES string of the molecule is CC(=O)Nc1ccc(NC(=O)C2=C(C)C(=O)OC23CCC(C)CC3)cc1. The maximum Gasteiger partial charge on any atom is 0.335 e. The van der Waals surface area contributed by atoms with Crippen LogP contribution in [0.2, 0.25) is 0 Å². The van der Waals surface area contributed by atoms with Crippen LogP contribution in [0.4, 0.5) is 11.4 Å². The summed E-state index contributed by atoms with van der Waals surface area (Å²) in [5, 5.41) is 5.53. The van der Waals surface area contributed by atoms with E-state index < -0.39 is 11.6 Å². The van der Waals surface area contributed by atoms with E-state index in [0.717, 1.165) is 12.8 Å². The zero-order valence-corrected chi connectivity index (χ0v) is 15.3. The van der Waals surface area contributed by atoms with Gasteiger partial charge in [0.15, 0.2) is 0 Å². The predicted molar refractivity (Wildman–Crippen MR) is 98.5 cm³/mol. The van der Waals surface area contributed by atoms with Gasteiger partial charge >= 0.3 is 5.97 Å². The topological polar surface area (TPSA) is 84.5 Å². The standard InChI is InChI=1S/C20H24N2O4/c1-12-8-10-20(11-9-12)17(13(2)19(25)26-20)18(24)22-16-6-4-15(5-7-16)21-14(3)23/h4-7,12H,8-11H2,1-3H3,(H,21,23)(H,22,24). The van der Waals surface area contributed by atoms with Crippen LogP contribution in [0.25, 0.3) is 0 Å².